The molecule has 0 unspecified atom stereocenters. The Morgan fingerprint density at radius 1 is 1.45 bits per heavy atom. The first-order valence-corrected chi connectivity index (χ1v) is 7.33. The smallest absolute Gasteiger partial charge is 0.310 e. The molecular formula is C9H7ClN4O5S. The molecular weight excluding hydrogens is 312 g/mol. The molecule has 0 aliphatic heterocycles. The maximum absolute atomic E-state index is 11.1. The molecule has 2 aromatic rings. The molecule has 0 saturated heterocycles. The predicted molar refractivity (Wildman–Crippen MR) is 68.1 cm³/mol. The van der Waals surface area contributed by atoms with Crippen molar-refractivity contribution >= 4 is 25.4 Å². The van der Waals surface area contributed by atoms with Crippen molar-refractivity contribution in [3.63, 3.8) is 0 Å². The van der Waals surface area contributed by atoms with E-state index in [-0.39, 0.29) is 17.3 Å². The zero-order chi connectivity index (χ0) is 14.9. The Kier molecular flexibility index (Phi) is 3.59. The third kappa shape index (κ3) is 2.70. The maximum atomic E-state index is 11.1. The summed E-state index contributed by atoms with van der Waals surface area (Å²) in [4.78, 5) is 13.8. The van der Waals surface area contributed by atoms with E-state index in [4.69, 9.17) is 15.4 Å². The summed E-state index contributed by atoms with van der Waals surface area (Å²) in [6.45, 7) is 0. The lowest BCUT2D eigenvalue weighted by molar-refractivity contribution is -0.385. The second-order valence-electron chi connectivity index (χ2n) is 3.55. The minimum atomic E-state index is -4.02. The first-order valence-electron chi connectivity index (χ1n) is 5.03. The van der Waals surface area contributed by atoms with Gasteiger partial charge in [0.2, 0.25) is 0 Å². The van der Waals surface area contributed by atoms with Gasteiger partial charge in [-0.3, -0.25) is 10.1 Å². The Bertz CT molecular complexity index is 772. The van der Waals surface area contributed by atoms with E-state index in [9.17, 15) is 18.5 Å². The van der Waals surface area contributed by atoms with Gasteiger partial charge in [0.1, 0.15) is 0 Å². The summed E-state index contributed by atoms with van der Waals surface area (Å²) in [5.74, 6) is 0.0324. The van der Waals surface area contributed by atoms with E-state index in [1.54, 1.807) is 0 Å². The number of benzene rings is 1. The van der Waals surface area contributed by atoms with Crippen molar-refractivity contribution in [1.29, 1.82) is 0 Å². The van der Waals surface area contributed by atoms with E-state index >= 15 is 0 Å². The molecule has 20 heavy (non-hydrogen) atoms. The maximum Gasteiger partial charge on any atom is 0.310 e. The van der Waals surface area contributed by atoms with E-state index in [0.29, 0.717) is 5.56 Å². The predicted octanol–water partition coefficient (Wildman–Crippen LogP) is 1.32. The highest BCUT2D eigenvalue weighted by atomic mass is 35.7. The fourth-order valence-electron chi connectivity index (χ4n) is 1.45. The van der Waals surface area contributed by atoms with Gasteiger partial charge in [-0.15, -0.1) is 0 Å². The molecule has 0 fully saturated rings. The fourth-order valence-corrected chi connectivity index (χ4v) is 2.01. The summed E-state index contributed by atoms with van der Waals surface area (Å²) in [6.07, 6.45) is 0. The number of rotatable bonds is 4. The molecule has 0 aliphatic rings. The molecule has 1 heterocycles. The van der Waals surface area contributed by atoms with E-state index in [1.165, 1.54) is 25.3 Å². The number of methoxy groups -OCH3 is 1. The Labute approximate surface area is 117 Å². The number of aromatic amines is 1. The third-order valence-corrected chi connectivity index (χ3v) is 3.41. The van der Waals surface area contributed by atoms with Crippen LogP contribution in [0, 0.1) is 10.1 Å². The topological polar surface area (TPSA) is 128 Å². The highest BCUT2D eigenvalue weighted by Gasteiger charge is 2.20. The number of hydrogen-bond acceptors (Lipinski definition) is 7. The number of nitro groups is 1. The van der Waals surface area contributed by atoms with Crippen LogP contribution in [-0.2, 0) is 9.05 Å². The van der Waals surface area contributed by atoms with Crippen molar-refractivity contribution in [2.45, 2.75) is 5.16 Å². The largest absolute Gasteiger partial charge is 0.490 e. The van der Waals surface area contributed by atoms with Crippen LogP contribution in [-0.4, -0.2) is 35.6 Å². The molecule has 1 N–H and O–H groups in total. The van der Waals surface area contributed by atoms with Crippen LogP contribution in [0.2, 0.25) is 0 Å². The van der Waals surface area contributed by atoms with Crippen LogP contribution in [0.15, 0.2) is 23.4 Å². The van der Waals surface area contributed by atoms with Crippen LogP contribution >= 0.6 is 10.7 Å². The first kappa shape index (κ1) is 14.2. The average molecular weight is 319 g/mol. The zero-order valence-corrected chi connectivity index (χ0v) is 11.5. The number of H-pyrrole nitrogens is 1. The molecule has 1 aromatic carbocycles. The molecule has 2 rings (SSSR count). The molecule has 0 aliphatic carbocycles. The van der Waals surface area contributed by atoms with Gasteiger partial charge in [-0.05, 0) is 12.1 Å². The Hall–Kier alpha value is -2.20. The first-order chi connectivity index (χ1) is 9.32. The van der Waals surface area contributed by atoms with Gasteiger partial charge in [0, 0.05) is 22.3 Å². The Balaban J connectivity index is 2.49. The fraction of sp³-hybridized carbons (Fsp3) is 0.111. The Morgan fingerprint density at radius 3 is 2.65 bits per heavy atom. The number of nitrogens with zero attached hydrogens (tertiary/aromatic N) is 3. The lowest BCUT2D eigenvalue weighted by atomic mass is 10.2. The number of aromatic nitrogens is 3. The van der Waals surface area contributed by atoms with Crippen molar-refractivity contribution in [3.8, 4) is 17.1 Å². The Morgan fingerprint density at radius 2 is 2.15 bits per heavy atom. The number of hydrogen-bond donors (Lipinski definition) is 1. The number of nitro benzene ring substituents is 1. The normalized spacial score (nSPS) is 11.3. The lowest BCUT2D eigenvalue weighted by Gasteiger charge is -2.02. The number of ether oxygens (including phenoxy) is 1. The molecule has 1 aromatic heterocycles. The van der Waals surface area contributed by atoms with Gasteiger partial charge in [0.15, 0.2) is 11.6 Å². The van der Waals surface area contributed by atoms with Crippen LogP contribution in [0.4, 0.5) is 5.69 Å². The number of nitrogens with one attached hydrogen (secondary N) is 1. The summed E-state index contributed by atoms with van der Waals surface area (Å²) < 4.78 is 27.0. The average Bonchev–Trinajstić information content (AvgIpc) is 2.87. The van der Waals surface area contributed by atoms with Crippen molar-refractivity contribution in [1.82, 2.24) is 15.2 Å². The zero-order valence-electron chi connectivity index (χ0n) is 9.90. The van der Waals surface area contributed by atoms with Crippen LogP contribution < -0.4 is 4.74 Å². The summed E-state index contributed by atoms with van der Waals surface area (Å²) in [6, 6.07) is 3.90. The summed E-state index contributed by atoms with van der Waals surface area (Å²) in [5, 5.41) is 16.1. The van der Waals surface area contributed by atoms with Gasteiger partial charge >= 0.3 is 5.69 Å². The minimum Gasteiger partial charge on any atom is -0.490 e. The highest BCUT2D eigenvalue weighted by Crippen LogP contribution is 2.31. The van der Waals surface area contributed by atoms with Gasteiger partial charge in [-0.1, -0.05) is 0 Å². The van der Waals surface area contributed by atoms with Crippen LogP contribution in [0.5, 0.6) is 5.75 Å². The van der Waals surface area contributed by atoms with Crippen molar-refractivity contribution in [2.24, 2.45) is 0 Å². The summed E-state index contributed by atoms with van der Waals surface area (Å²) in [5.41, 5.74) is 0.118. The van der Waals surface area contributed by atoms with E-state index < -0.39 is 19.1 Å². The minimum absolute atomic E-state index is 0.00702. The van der Waals surface area contributed by atoms with Crippen LogP contribution in [0.3, 0.4) is 0 Å². The van der Waals surface area contributed by atoms with Gasteiger partial charge in [0.25, 0.3) is 14.2 Å². The van der Waals surface area contributed by atoms with Gasteiger partial charge < -0.3 is 4.74 Å². The third-order valence-electron chi connectivity index (χ3n) is 2.33. The molecule has 0 spiro atoms. The van der Waals surface area contributed by atoms with Gasteiger partial charge in [0.05, 0.1) is 12.0 Å². The highest BCUT2D eigenvalue weighted by molar-refractivity contribution is 8.13. The molecule has 106 valence electrons. The molecule has 9 nitrogen and oxygen atoms in total. The van der Waals surface area contributed by atoms with Crippen LogP contribution in [0.25, 0.3) is 11.4 Å². The molecule has 0 bridgehead atoms. The van der Waals surface area contributed by atoms with Crippen molar-refractivity contribution in [2.75, 3.05) is 7.11 Å². The monoisotopic (exact) mass is 318 g/mol. The molecule has 0 saturated carbocycles. The standard InChI is InChI=1S/C9H7ClN4O5S/c1-19-7-4-5(2-3-6(7)14(15)16)8-11-9(13-12-8)20(10,17)18/h2-4H,1H3,(H,11,12,13). The second kappa shape index (κ2) is 5.06. The van der Waals surface area contributed by atoms with E-state index in [2.05, 4.69) is 15.2 Å². The number of halogens is 1. The molecule has 0 atom stereocenters. The quantitative estimate of drug-likeness (QED) is 0.511. The van der Waals surface area contributed by atoms with Crippen LogP contribution in [0.1, 0.15) is 0 Å². The summed E-state index contributed by atoms with van der Waals surface area (Å²) >= 11 is 0. The molecule has 0 amide bonds. The van der Waals surface area contributed by atoms with E-state index in [1.807, 2.05) is 0 Å². The van der Waals surface area contributed by atoms with Gasteiger partial charge in [-0.2, -0.15) is 10.1 Å². The molecule has 11 heteroatoms. The molecule has 0 radical (unpaired) electrons. The van der Waals surface area contributed by atoms with Gasteiger partial charge in [-0.25, -0.2) is 13.5 Å². The second-order valence-corrected chi connectivity index (χ2v) is 6.03. The van der Waals surface area contributed by atoms with Crippen molar-refractivity contribution < 1.29 is 18.1 Å². The lowest BCUT2D eigenvalue weighted by Crippen LogP contribution is -1.95. The summed E-state index contributed by atoms with van der Waals surface area (Å²) in [7, 11) is 2.36. The SMILES string of the molecule is COc1cc(-c2n[nH]c(S(=O)(=O)Cl)n2)ccc1[N+](=O)[O-]. The van der Waals surface area contributed by atoms with E-state index in [0.717, 1.165) is 0 Å². The van der Waals surface area contributed by atoms with Crippen molar-refractivity contribution in [3.05, 3.63) is 28.3 Å².